The number of thioether (sulfide) groups is 1. The van der Waals surface area contributed by atoms with Gasteiger partial charge < -0.3 is 10.6 Å². The number of carbonyl (C=O) groups is 1. The lowest BCUT2D eigenvalue weighted by Gasteiger charge is -2.07. The molecule has 1 amide bonds. The lowest BCUT2D eigenvalue weighted by Crippen LogP contribution is -2.27. The van der Waals surface area contributed by atoms with E-state index in [0.717, 1.165) is 18.7 Å². The summed E-state index contributed by atoms with van der Waals surface area (Å²) in [5.74, 6) is 0.681. The lowest BCUT2D eigenvalue weighted by atomic mass is 10.3. The van der Waals surface area contributed by atoms with E-state index in [-0.39, 0.29) is 5.91 Å². The number of hydrogen-bond acceptors (Lipinski definition) is 3. The van der Waals surface area contributed by atoms with Gasteiger partial charge in [0.25, 0.3) is 5.91 Å². The van der Waals surface area contributed by atoms with Crippen molar-refractivity contribution in [1.82, 2.24) is 10.6 Å². The fraction of sp³-hybridized carbons (Fsp3) is 0.545. The first-order valence-electron chi connectivity index (χ1n) is 5.25. The standard InChI is InChI=1S/C11H19ClN2OS/c1-4-9(10(12)16-5-2)11(15)14-8-6-7-13-3/h4,13H,1,5-8H2,2-3H3,(H,14,15)/b10-9+. The first kappa shape index (κ1) is 15.6. The van der Waals surface area contributed by atoms with Gasteiger partial charge in [-0.1, -0.05) is 31.2 Å². The molecule has 0 aromatic carbocycles. The highest BCUT2D eigenvalue weighted by Crippen LogP contribution is 2.24. The largest absolute Gasteiger partial charge is 0.352 e. The van der Waals surface area contributed by atoms with Crippen molar-refractivity contribution >= 4 is 29.3 Å². The Morgan fingerprint density at radius 2 is 2.19 bits per heavy atom. The molecule has 5 heteroatoms. The Balaban J connectivity index is 4.21. The maximum absolute atomic E-state index is 11.7. The second-order valence-corrected chi connectivity index (χ2v) is 4.91. The van der Waals surface area contributed by atoms with Crippen LogP contribution in [-0.4, -0.2) is 31.8 Å². The third-order valence-electron chi connectivity index (χ3n) is 1.82. The minimum absolute atomic E-state index is 0.156. The molecule has 0 saturated heterocycles. The zero-order valence-electron chi connectivity index (χ0n) is 9.81. The lowest BCUT2D eigenvalue weighted by molar-refractivity contribution is -0.117. The van der Waals surface area contributed by atoms with Crippen LogP contribution in [0.4, 0.5) is 0 Å². The highest BCUT2D eigenvalue weighted by atomic mass is 35.5. The smallest absolute Gasteiger partial charge is 0.253 e. The highest BCUT2D eigenvalue weighted by molar-refractivity contribution is 8.04. The molecule has 0 aliphatic rings. The predicted molar refractivity (Wildman–Crippen MR) is 72.8 cm³/mol. The molecule has 0 rings (SSSR count). The fourth-order valence-corrected chi connectivity index (χ4v) is 2.10. The molecule has 2 N–H and O–H groups in total. The molecule has 0 aliphatic heterocycles. The van der Waals surface area contributed by atoms with Gasteiger partial charge in [0, 0.05) is 6.54 Å². The summed E-state index contributed by atoms with van der Waals surface area (Å²) in [5, 5.41) is 5.82. The number of rotatable bonds is 8. The van der Waals surface area contributed by atoms with Gasteiger partial charge in [-0.25, -0.2) is 0 Å². The first-order valence-corrected chi connectivity index (χ1v) is 6.61. The molecule has 3 nitrogen and oxygen atoms in total. The van der Waals surface area contributed by atoms with Gasteiger partial charge in [0.05, 0.1) is 9.94 Å². The number of nitrogens with one attached hydrogen (secondary N) is 2. The van der Waals surface area contributed by atoms with Crippen molar-refractivity contribution in [3.05, 3.63) is 22.6 Å². The van der Waals surface area contributed by atoms with E-state index in [2.05, 4.69) is 17.2 Å². The van der Waals surface area contributed by atoms with E-state index in [1.54, 1.807) is 0 Å². The topological polar surface area (TPSA) is 41.1 Å². The molecule has 0 radical (unpaired) electrons. The summed E-state index contributed by atoms with van der Waals surface area (Å²) in [6, 6.07) is 0. The molecular weight excluding hydrogens is 244 g/mol. The number of hydrogen-bond donors (Lipinski definition) is 2. The van der Waals surface area contributed by atoms with E-state index < -0.39 is 0 Å². The van der Waals surface area contributed by atoms with Gasteiger partial charge in [0.15, 0.2) is 0 Å². The van der Waals surface area contributed by atoms with E-state index in [9.17, 15) is 4.79 Å². The summed E-state index contributed by atoms with van der Waals surface area (Å²) in [5.41, 5.74) is 0.456. The summed E-state index contributed by atoms with van der Waals surface area (Å²) in [4.78, 5) is 11.7. The van der Waals surface area contributed by atoms with Crippen molar-refractivity contribution in [3.8, 4) is 0 Å². The van der Waals surface area contributed by atoms with Crippen LogP contribution in [0, 0.1) is 0 Å². The van der Waals surface area contributed by atoms with Gasteiger partial charge in [-0.15, -0.1) is 11.8 Å². The second-order valence-electron chi connectivity index (χ2n) is 3.04. The Bertz CT molecular complexity index is 267. The second kappa shape index (κ2) is 9.75. The Kier molecular flexibility index (Phi) is 9.48. The van der Waals surface area contributed by atoms with Crippen LogP contribution >= 0.6 is 23.4 Å². The van der Waals surface area contributed by atoms with Crippen molar-refractivity contribution < 1.29 is 4.79 Å². The summed E-state index contributed by atoms with van der Waals surface area (Å²) < 4.78 is 0.503. The van der Waals surface area contributed by atoms with E-state index in [0.29, 0.717) is 16.5 Å². The Labute approximate surface area is 107 Å². The minimum Gasteiger partial charge on any atom is -0.352 e. The van der Waals surface area contributed by atoms with Gasteiger partial charge in [-0.05, 0) is 25.8 Å². The van der Waals surface area contributed by atoms with E-state index in [4.69, 9.17) is 11.6 Å². The molecule has 0 bridgehead atoms. The van der Waals surface area contributed by atoms with Gasteiger partial charge in [-0.2, -0.15) is 0 Å². The Morgan fingerprint density at radius 1 is 1.50 bits per heavy atom. The fourth-order valence-electron chi connectivity index (χ4n) is 1.03. The first-order chi connectivity index (χ1) is 7.67. The zero-order chi connectivity index (χ0) is 12.4. The summed E-state index contributed by atoms with van der Waals surface area (Å²) in [6.07, 6.45) is 2.39. The maximum Gasteiger partial charge on any atom is 0.253 e. The third-order valence-corrected chi connectivity index (χ3v) is 3.11. The van der Waals surface area contributed by atoms with Crippen LogP contribution in [0.3, 0.4) is 0 Å². The summed E-state index contributed by atoms with van der Waals surface area (Å²) in [6.45, 7) is 7.10. The van der Waals surface area contributed by atoms with Crippen LogP contribution in [0.1, 0.15) is 13.3 Å². The van der Waals surface area contributed by atoms with Crippen LogP contribution in [0.5, 0.6) is 0 Å². The average molecular weight is 263 g/mol. The molecule has 0 aromatic heterocycles. The van der Waals surface area contributed by atoms with Crippen LogP contribution < -0.4 is 10.6 Å². The van der Waals surface area contributed by atoms with Gasteiger partial charge in [-0.3, -0.25) is 4.79 Å². The summed E-state index contributed by atoms with van der Waals surface area (Å²) >= 11 is 7.42. The molecule has 0 aliphatic carbocycles. The quantitative estimate of drug-likeness (QED) is 0.400. The summed E-state index contributed by atoms with van der Waals surface area (Å²) in [7, 11) is 1.88. The van der Waals surface area contributed by atoms with Crippen molar-refractivity contribution in [2.45, 2.75) is 13.3 Å². The number of halogens is 1. The number of carbonyl (C=O) groups excluding carboxylic acids is 1. The van der Waals surface area contributed by atoms with E-state index in [1.165, 1.54) is 17.8 Å². The molecule has 0 atom stereocenters. The molecule has 0 unspecified atom stereocenters. The monoisotopic (exact) mass is 262 g/mol. The molecule has 0 heterocycles. The van der Waals surface area contributed by atoms with Crippen molar-refractivity contribution in [1.29, 1.82) is 0 Å². The highest BCUT2D eigenvalue weighted by Gasteiger charge is 2.10. The molecule has 16 heavy (non-hydrogen) atoms. The van der Waals surface area contributed by atoms with Crippen LogP contribution in [-0.2, 0) is 4.79 Å². The van der Waals surface area contributed by atoms with Crippen LogP contribution in [0.25, 0.3) is 0 Å². The average Bonchev–Trinajstić information content (AvgIpc) is 2.26. The maximum atomic E-state index is 11.7. The van der Waals surface area contributed by atoms with Gasteiger partial charge >= 0.3 is 0 Å². The molecular formula is C11H19ClN2OS. The van der Waals surface area contributed by atoms with Crippen molar-refractivity contribution in [2.24, 2.45) is 0 Å². The van der Waals surface area contributed by atoms with Crippen LogP contribution in [0.15, 0.2) is 22.6 Å². The molecule has 92 valence electrons. The van der Waals surface area contributed by atoms with Crippen molar-refractivity contribution in [2.75, 3.05) is 25.9 Å². The zero-order valence-corrected chi connectivity index (χ0v) is 11.4. The van der Waals surface area contributed by atoms with E-state index in [1.807, 2.05) is 14.0 Å². The normalized spacial score (nSPS) is 11.9. The molecule has 0 aromatic rings. The molecule has 0 fully saturated rings. The van der Waals surface area contributed by atoms with Gasteiger partial charge in [0.1, 0.15) is 0 Å². The van der Waals surface area contributed by atoms with Gasteiger partial charge in [0.2, 0.25) is 0 Å². The molecule has 0 spiro atoms. The Hall–Kier alpha value is -0.450. The Morgan fingerprint density at radius 3 is 2.69 bits per heavy atom. The predicted octanol–water partition coefficient (Wildman–Crippen LogP) is 2.10. The SMILES string of the molecule is C=C/C(C(=O)NCCCNC)=C(/Cl)SCC. The van der Waals surface area contributed by atoms with Crippen LogP contribution in [0.2, 0.25) is 0 Å². The third kappa shape index (κ3) is 6.20. The van der Waals surface area contributed by atoms with E-state index >= 15 is 0 Å². The molecule has 0 saturated carbocycles. The number of amides is 1. The van der Waals surface area contributed by atoms with Crippen molar-refractivity contribution in [3.63, 3.8) is 0 Å². The minimum atomic E-state index is -0.156.